The third-order valence-corrected chi connectivity index (χ3v) is 3.60. The Morgan fingerprint density at radius 1 is 1.32 bits per heavy atom. The highest BCUT2D eigenvalue weighted by Gasteiger charge is 2.35. The van der Waals surface area contributed by atoms with Crippen molar-refractivity contribution in [3.05, 3.63) is 23.5 Å². The third kappa shape index (κ3) is 2.66. The van der Waals surface area contributed by atoms with Gasteiger partial charge in [0, 0.05) is 24.3 Å². The smallest absolute Gasteiger partial charge is 0.378 e. The molecular formula is C14H14F3N3O2. The first-order valence-electron chi connectivity index (χ1n) is 6.81. The van der Waals surface area contributed by atoms with Crippen LogP contribution in [0.1, 0.15) is 23.1 Å². The molecule has 5 nitrogen and oxygen atoms in total. The Labute approximate surface area is 124 Å². The first kappa shape index (κ1) is 14.8. The van der Waals surface area contributed by atoms with E-state index in [9.17, 15) is 18.0 Å². The van der Waals surface area contributed by atoms with Crippen molar-refractivity contribution in [2.24, 2.45) is 0 Å². The van der Waals surface area contributed by atoms with Crippen molar-refractivity contribution in [2.75, 3.05) is 31.2 Å². The zero-order valence-corrected chi connectivity index (χ0v) is 11.8. The lowest BCUT2D eigenvalue weighted by molar-refractivity contribution is -0.144. The van der Waals surface area contributed by atoms with Crippen LogP contribution in [-0.4, -0.2) is 42.1 Å². The van der Waals surface area contributed by atoms with Gasteiger partial charge < -0.3 is 14.6 Å². The minimum atomic E-state index is -4.58. The quantitative estimate of drug-likeness (QED) is 0.866. The van der Waals surface area contributed by atoms with Crippen LogP contribution >= 0.6 is 0 Å². The molecule has 1 aliphatic heterocycles. The fourth-order valence-electron chi connectivity index (χ4n) is 2.51. The fourth-order valence-corrected chi connectivity index (χ4v) is 2.51. The number of hydrogen-bond acceptors (Lipinski definition) is 4. The summed E-state index contributed by atoms with van der Waals surface area (Å²) in [6.45, 7) is 3.67. The van der Waals surface area contributed by atoms with Gasteiger partial charge in [-0.05, 0) is 19.1 Å². The molecule has 2 aromatic rings. The van der Waals surface area contributed by atoms with E-state index in [1.807, 2.05) is 4.90 Å². The monoisotopic (exact) mass is 313 g/mol. The number of anilines is 1. The van der Waals surface area contributed by atoms with Crippen LogP contribution in [0.3, 0.4) is 0 Å². The largest absolute Gasteiger partial charge is 0.449 e. The van der Waals surface area contributed by atoms with Crippen molar-refractivity contribution in [1.82, 2.24) is 9.97 Å². The average Bonchev–Trinajstić information content (AvgIpc) is 2.91. The minimum Gasteiger partial charge on any atom is -0.378 e. The van der Waals surface area contributed by atoms with Gasteiger partial charge in [-0.15, -0.1) is 0 Å². The number of halogens is 3. The lowest BCUT2D eigenvalue weighted by Gasteiger charge is -2.29. The maximum absolute atomic E-state index is 12.8. The van der Waals surface area contributed by atoms with Gasteiger partial charge in [-0.2, -0.15) is 13.2 Å². The first-order valence-corrected chi connectivity index (χ1v) is 6.81. The highest BCUT2D eigenvalue weighted by Crippen LogP contribution is 2.32. The Morgan fingerprint density at radius 2 is 2.00 bits per heavy atom. The number of hydrogen-bond donors (Lipinski definition) is 1. The van der Waals surface area contributed by atoms with Gasteiger partial charge in [0.05, 0.1) is 24.2 Å². The van der Waals surface area contributed by atoms with Crippen molar-refractivity contribution in [3.63, 3.8) is 0 Å². The predicted molar refractivity (Wildman–Crippen MR) is 74.1 cm³/mol. The predicted octanol–water partition coefficient (Wildman–Crippen LogP) is 2.62. The maximum Gasteiger partial charge on any atom is 0.449 e. The molecule has 2 heterocycles. The number of H-pyrrole nitrogens is 1. The van der Waals surface area contributed by atoms with Crippen LogP contribution in [-0.2, 0) is 10.9 Å². The van der Waals surface area contributed by atoms with Gasteiger partial charge in [-0.3, -0.25) is 4.79 Å². The second kappa shape index (κ2) is 5.28. The lowest BCUT2D eigenvalue weighted by Crippen LogP contribution is -2.36. The van der Waals surface area contributed by atoms with Crippen molar-refractivity contribution in [3.8, 4) is 0 Å². The van der Waals surface area contributed by atoms with Gasteiger partial charge >= 0.3 is 6.18 Å². The summed E-state index contributed by atoms with van der Waals surface area (Å²) < 4.78 is 43.7. The number of benzene rings is 1. The second-order valence-electron chi connectivity index (χ2n) is 5.13. The van der Waals surface area contributed by atoms with Crippen molar-refractivity contribution >= 4 is 22.5 Å². The molecule has 0 aliphatic carbocycles. The molecular weight excluding hydrogens is 299 g/mol. The van der Waals surface area contributed by atoms with Crippen LogP contribution < -0.4 is 4.90 Å². The zero-order chi connectivity index (χ0) is 15.9. The van der Waals surface area contributed by atoms with E-state index in [1.165, 1.54) is 6.92 Å². The number of nitrogens with zero attached hydrogens (tertiary/aromatic N) is 2. The number of rotatable bonds is 2. The number of alkyl halides is 3. The molecule has 0 amide bonds. The number of morpholine rings is 1. The van der Waals surface area contributed by atoms with Crippen molar-refractivity contribution < 1.29 is 22.7 Å². The third-order valence-electron chi connectivity index (χ3n) is 3.60. The summed E-state index contributed by atoms with van der Waals surface area (Å²) in [5.74, 6) is -1.41. The van der Waals surface area contributed by atoms with Crippen molar-refractivity contribution in [1.29, 1.82) is 0 Å². The number of ether oxygens (including phenoxy) is 1. The van der Waals surface area contributed by atoms with Gasteiger partial charge in [0.25, 0.3) is 0 Å². The van der Waals surface area contributed by atoms with Gasteiger partial charge in [-0.25, -0.2) is 4.98 Å². The summed E-state index contributed by atoms with van der Waals surface area (Å²) in [6, 6.07) is 3.19. The van der Waals surface area contributed by atoms with Gasteiger partial charge in [0.2, 0.25) is 5.82 Å². The number of nitrogens with one attached hydrogen (secondary N) is 1. The molecule has 118 valence electrons. The number of carbonyl (C=O) groups is 1. The lowest BCUT2D eigenvalue weighted by atomic mass is 10.1. The first-order chi connectivity index (χ1) is 10.4. The van der Waals surface area contributed by atoms with Gasteiger partial charge in [0.15, 0.2) is 5.78 Å². The highest BCUT2D eigenvalue weighted by atomic mass is 19.4. The van der Waals surface area contributed by atoms with Crippen LogP contribution in [0.15, 0.2) is 12.1 Å². The molecule has 0 saturated carbocycles. The summed E-state index contributed by atoms with van der Waals surface area (Å²) in [6.07, 6.45) is -4.58. The second-order valence-corrected chi connectivity index (χ2v) is 5.13. The van der Waals surface area contributed by atoms with Crippen LogP contribution in [0, 0.1) is 0 Å². The van der Waals surface area contributed by atoms with Crippen LogP contribution in [0.2, 0.25) is 0 Å². The molecule has 1 fully saturated rings. The zero-order valence-electron chi connectivity index (χ0n) is 11.8. The Hall–Kier alpha value is -2.09. The van der Waals surface area contributed by atoms with E-state index in [-0.39, 0.29) is 22.4 Å². The molecule has 1 aliphatic rings. The molecule has 22 heavy (non-hydrogen) atoms. The molecule has 0 unspecified atom stereocenters. The Kier molecular flexibility index (Phi) is 3.56. The number of fused-ring (bicyclic) bond motifs is 1. The minimum absolute atomic E-state index is 0.0526. The molecule has 1 aromatic heterocycles. The van der Waals surface area contributed by atoms with Crippen LogP contribution in [0.4, 0.5) is 18.9 Å². The van der Waals surface area contributed by atoms with Crippen LogP contribution in [0.25, 0.3) is 11.0 Å². The normalized spacial score (nSPS) is 16.3. The summed E-state index contributed by atoms with van der Waals surface area (Å²) in [7, 11) is 0. The molecule has 3 rings (SSSR count). The molecule has 1 aromatic carbocycles. The Balaban J connectivity index is 2.14. The number of aromatic nitrogens is 2. The van der Waals surface area contributed by atoms with E-state index >= 15 is 0 Å². The van der Waals surface area contributed by atoms with E-state index in [0.29, 0.717) is 32.0 Å². The summed E-state index contributed by atoms with van der Waals surface area (Å²) in [5.41, 5.74) is 1.14. The standard InChI is InChI=1S/C14H14F3N3O2/c1-8(21)10-6-9(20-2-4-22-5-3-20)7-11-12(10)19-13(18-11)14(15,16)17/h6-7H,2-5H2,1H3,(H,18,19). The molecule has 8 heteroatoms. The van der Waals surface area contributed by atoms with E-state index in [2.05, 4.69) is 9.97 Å². The number of Topliss-reactive ketones (excluding diaryl/α,β-unsaturated/α-hetero) is 1. The highest BCUT2D eigenvalue weighted by molar-refractivity contribution is 6.06. The Bertz CT molecular complexity index is 718. The molecule has 0 spiro atoms. The number of ketones is 1. The van der Waals surface area contributed by atoms with E-state index < -0.39 is 12.0 Å². The summed E-state index contributed by atoms with van der Waals surface area (Å²) >= 11 is 0. The average molecular weight is 313 g/mol. The van der Waals surface area contributed by atoms with E-state index in [0.717, 1.165) is 0 Å². The van der Waals surface area contributed by atoms with E-state index in [4.69, 9.17) is 4.74 Å². The summed E-state index contributed by atoms with van der Waals surface area (Å²) in [4.78, 5) is 19.6. The SMILES string of the molecule is CC(=O)c1cc(N2CCOCC2)cc2[nH]c(C(F)(F)F)nc12. The molecule has 1 N–H and O–H groups in total. The van der Waals surface area contributed by atoms with Crippen molar-refractivity contribution in [2.45, 2.75) is 13.1 Å². The van der Waals surface area contributed by atoms with Gasteiger partial charge in [0.1, 0.15) is 0 Å². The Morgan fingerprint density at radius 3 is 2.59 bits per heavy atom. The number of carbonyl (C=O) groups excluding carboxylic acids is 1. The molecule has 0 radical (unpaired) electrons. The fraction of sp³-hybridized carbons (Fsp3) is 0.429. The maximum atomic E-state index is 12.8. The molecule has 0 bridgehead atoms. The number of imidazole rings is 1. The van der Waals surface area contributed by atoms with Gasteiger partial charge in [-0.1, -0.05) is 0 Å². The molecule has 1 saturated heterocycles. The van der Waals surface area contributed by atoms with Crippen LogP contribution in [0.5, 0.6) is 0 Å². The molecule has 0 atom stereocenters. The number of aromatic amines is 1. The summed E-state index contributed by atoms with van der Waals surface area (Å²) in [5, 5.41) is 0. The topological polar surface area (TPSA) is 58.2 Å². The van der Waals surface area contributed by atoms with E-state index in [1.54, 1.807) is 12.1 Å².